The molecule has 0 unspecified atom stereocenters. The molecule has 0 bridgehead atoms. The van der Waals surface area contributed by atoms with Crippen LogP contribution in [0.15, 0.2) is 12.1 Å². The topological polar surface area (TPSA) is 69.0 Å². The first-order valence-corrected chi connectivity index (χ1v) is 8.45. The Kier molecular flexibility index (Phi) is 5.50. The molecule has 0 radical (unpaired) electrons. The number of nitrogens with one attached hydrogen (secondary N) is 1. The highest BCUT2D eigenvalue weighted by molar-refractivity contribution is 5.91. The average Bonchev–Trinajstić information content (AvgIpc) is 2.86. The fraction of sp³-hybridized carbons (Fsp3) is 0.562. The number of nitrogens with zero attached hydrogens (tertiary/aromatic N) is 3. The lowest BCUT2D eigenvalue weighted by Crippen LogP contribution is -2.24. The molecule has 2 aromatic rings. The van der Waals surface area contributed by atoms with Crippen LogP contribution in [0.4, 0.5) is 32.3 Å². The Hall–Kier alpha value is -2.37. The van der Waals surface area contributed by atoms with Crippen molar-refractivity contribution in [3.05, 3.63) is 17.8 Å². The van der Waals surface area contributed by atoms with Gasteiger partial charge in [-0.1, -0.05) is 0 Å². The molecule has 1 N–H and O–H groups in total. The molecule has 1 fully saturated rings. The number of ether oxygens (including phenoxy) is 1. The van der Waals surface area contributed by atoms with Gasteiger partial charge in [0.2, 0.25) is 11.9 Å². The highest BCUT2D eigenvalue weighted by Gasteiger charge is 2.34. The Morgan fingerprint density at radius 3 is 2.46 bits per heavy atom. The molecule has 1 aliphatic rings. The highest BCUT2D eigenvalue weighted by Crippen LogP contribution is 2.37. The summed E-state index contributed by atoms with van der Waals surface area (Å²) in [7, 11) is 0. The zero-order chi connectivity index (χ0) is 20.5. The second kappa shape index (κ2) is 7.57. The summed E-state index contributed by atoms with van der Waals surface area (Å²) in [5, 5.41) is 2.44. The quantitative estimate of drug-likeness (QED) is 0.576. The predicted molar refractivity (Wildman–Crippen MR) is 85.5 cm³/mol. The molecule has 1 amide bonds. The number of carbonyl (C=O) groups is 1. The number of carbonyl (C=O) groups excluding carboxylic acids is 1. The number of pyridine rings is 1. The van der Waals surface area contributed by atoms with E-state index in [1.807, 2.05) is 0 Å². The number of fused-ring (bicyclic) bond motifs is 1. The molecule has 28 heavy (non-hydrogen) atoms. The molecule has 0 aromatic carbocycles. The summed E-state index contributed by atoms with van der Waals surface area (Å²) in [5.74, 6) is -0.638. The van der Waals surface area contributed by atoms with Crippen molar-refractivity contribution in [2.45, 2.75) is 44.1 Å². The van der Waals surface area contributed by atoms with Gasteiger partial charge in [0.25, 0.3) is 0 Å². The molecule has 154 valence electrons. The molecule has 0 aliphatic heterocycles. The predicted octanol–water partition coefficient (Wildman–Crippen LogP) is 4.08. The standard InChI is InChI=1S/C16H16F6N4O2/c17-15(18,19)8-28-7-6-12(27)25-14-23-10-4-5-11(16(20,21)22)24-13(10)26(14)9-2-1-3-9/h4-5,9H,1-3,6-8H2,(H,23,25,27). The van der Waals surface area contributed by atoms with Crippen molar-refractivity contribution >= 4 is 23.0 Å². The molecule has 12 heteroatoms. The number of halogens is 6. The van der Waals surface area contributed by atoms with E-state index in [0.717, 1.165) is 12.5 Å². The fourth-order valence-corrected chi connectivity index (χ4v) is 2.75. The van der Waals surface area contributed by atoms with Gasteiger partial charge in [0.05, 0.1) is 13.0 Å². The van der Waals surface area contributed by atoms with Crippen molar-refractivity contribution < 1.29 is 35.9 Å². The van der Waals surface area contributed by atoms with Crippen molar-refractivity contribution in [2.24, 2.45) is 0 Å². The number of hydrogen-bond acceptors (Lipinski definition) is 4. The van der Waals surface area contributed by atoms with E-state index in [0.29, 0.717) is 12.8 Å². The van der Waals surface area contributed by atoms with Gasteiger partial charge in [0.15, 0.2) is 5.65 Å². The summed E-state index contributed by atoms with van der Waals surface area (Å²) < 4.78 is 80.8. The zero-order valence-corrected chi connectivity index (χ0v) is 14.4. The van der Waals surface area contributed by atoms with Crippen LogP contribution in [0, 0.1) is 0 Å². The van der Waals surface area contributed by atoms with Crippen molar-refractivity contribution in [3.8, 4) is 0 Å². The largest absolute Gasteiger partial charge is 0.433 e. The number of anilines is 1. The van der Waals surface area contributed by atoms with E-state index in [4.69, 9.17) is 0 Å². The van der Waals surface area contributed by atoms with Crippen LogP contribution in [0.25, 0.3) is 11.2 Å². The lowest BCUT2D eigenvalue weighted by Gasteiger charge is -2.28. The van der Waals surface area contributed by atoms with Crippen LogP contribution in [-0.4, -0.2) is 39.8 Å². The van der Waals surface area contributed by atoms with E-state index in [-0.39, 0.29) is 29.6 Å². The lowest BCUT2D eigenvalue weighted by molar-refractivity contribution is -0.174. The third kappa shape index (κ3) is 4.72. The summed E-state index contributed by atoms with van der Waals surface area (Å²) in [5.41, 5.74) is -0.884. The van der Waals surface area contributed by atoms with E-state index < -0.39 is 37.2 Å². The van der Waals surface area contributed by atoms with Crippen molar-refractivity contribution in [3.63, 3.8) is 0 Å². The Morgan fingerprint density at radius 2 is 1.89 bits per heavy atom. The van der Waals surface area contributed by atoms with E-state index in [1.165, 1.54) is 10.6 Å². The van der Waals surface area contributed by atoms with Gasteiger partial charge in [-0.3, -0.25) is 14.7 Å². The maximum atomic E-state index is 13.0. The number of imidazole rings is 1. The van der Waals surface area contributed by atoms with Crippen LogP contribution in [0.5, 0.6) is 0 Å². The van der Waals surface area contributed by atoms with Crippen molar-refractivity contribution in [1.82, 2.24) is 14.5 Å². The Bertz CT molecular complexity index is 857. The summed E-state index contributed by atoms with van der Waals surface area (Å²) in [4.78, 5) is 19.8. The van der Waals surface area contributed by atoms with Gasteiger partial charge < -0.3 is 4.74 Å². The molecule has 6 nitrogen and oxygen atoms in total. The van der Waals surface area contributed by atoms with Gasteiger partial charge >= 0.3 is 12.4 Å². The molecular weight excluding hydrogens is 394 g/mol. The first-order valence-electron chi connectivity index (χ1n) is 8.45. The smallest absolute Gasteiger partial charge is 0.372 e. The average molecular weight is 410 g/mol. The normalized spacial score (nSPS) is 15.6. The number of alkyl halides is 6. The summed E-state index contributed by atoms with van der Waals surface area (Å²) in [6.45, 7) is -1.92. The maximum absolute atomic E-state index is 13.0. The molecule has 2 heterocycles. The van der Waals surface area contributed by atoms with Gasteiger partial charge in [0.1, 0.15) is 17.8 Å². The van der Waals surface area contributed by atoms with E-state index in [2.05, 4.69) is 20.0 Å². The third-order valence-corrected chi connectivity index (χ3v) is 4.26. The Labute approximate surface area is 154 Å². The summed E-state index contributed by atoms with van der Waals surface area (Å²) in [6, 6.07) is 1.82. The monoisotopic (exact) mass is 410 g/mol. The summed E-state index contributed by atoms with van der Waals surface area (Å²) in [6.07, 6.45) is -7.20. The van der Waals surface area contributed by atoms with E-state index in [9.17, 15) is 31.1 Å². The van der Waals surface area contributed by atoms with Crippen LogP contribution < -0.4 is 5.32 Å². The molecule has 2 aromatic heterocycles. The maximum Gasteiger partial charge on any atom is 0.433 e. The van der Waals surface area contributed by atoms with Gasteiger partial charge in [-0.15, -0.1) is 0 Å². The third-order valence-electron chi connectivity index (χ3n) is 4.26. The minimum atomic E-state index is -4.62. The molecule has 1 aliphatic carbocycles. The Balaban J connectivity index is 1.77. The number of aromatic nitrogens is 3. The second-order valence-corrected chi connectivity index (χ2v) is 6.39. The van der Waals surface area contributed by atoms with Crippen LogP contribution in [0.1, 0.15) is 37.4 Å². The van der Waals surface area contributed by atoms with Crippen LogP contribution in [0.2, 0.25) is 0 Å². The SMILES string of the molecule is O=C(CCOCC(F)(F)F)Nc1nc2ccc(C(F)(F)F)nc2n1C1CCC1. The first kappa shape index (κ1) is 20.4. The highest BCUT2D eigenvalue weighted by atomic mass is 19.4. The fourth-order valence-electron chi connectivity index (χ4n) is 2.75. The molecule has 0 spiro atoms. The van der Waals surface area contributed by atoms with Gasteiger partial charge in [-0.25, -0.2) is 9.97 Å². The summed E-state index contributed by atoms with van der Waals surface area (Å²) >= 11 is 0. The molecule has 1 saturated carbocycles. The molecule has 3 rings (SSSR count). The number of hydrogen-bond donors (Lipinski definition) is 1. The Morgan fingerprint density at radius 1 is 1.18 bits per heavy atom. The van der Waals surface area contributed by atoms with Crippen LogP contribution in [0.3, 0.4) is 0 Å². The van der Waals surface area contributed by atoms with Crippen LogP contribution in [-0.2, 0) is 15.7 Å². The van der Waals surface area contributed by atoms with E-state index >= 15 is 0 Å². The number of amides is 1. The van der Waals surface area contributed by atoms with Gasteiger partial charge in [0, 0.05) is 6.04 Å². The second-order valence-electron chi connectivity index (χ2n) is 6.39. The number of rotatable bonds is 6. The molecule has 0 atom stereocenters. The van der Waals surface area contributed by atoms with Crippen molar-refractivity contribution in [1.29, 1.82) is 0 Å². The van der Waals surface area contributed by atoms with Gasteiger partial charge in [-0.2, -0.15) is 26.3 Å². The van der Waals surface area contributed by atoms with Crippen molar-refractivity contribution in [2.75, 3.05) is 18.5 Å². The van der Waals surface area contributed by atoms with Gasteiger partial charge in [-0.05, 0) is 31.4 Å². The van der Waals surface area contributed by atoms with E-state index in [1.54, 1.807) is 0 Å². The first-order chi connectivity index (χ1) is 13.0. The minimum Gasteiger partial charge on any atom is -0.372 e. The molecule has 0 saturated heterocycles. The minimum absolute atomic E-state index is 0.00291. The zero-order valence-electron chi connectivity index (χ0n) is 14.4. The molecular formula is C16H16F6N4O2. The van der Waals surface area contributed by atoms with Crippen LogP contribution >= 0.6 is 0 Å². The lowest BCUT2D eigenvalue weighted by atomic mass is 9.93.